The zero-order chi connectivity index (χ0) is 11.4. The summed E-state index contributed by atoms with van der Waals surface area (Å²) in [5, 5.41) is 9.16. The Morgan fingerprint density at radius 3 is 2.80 bits per heavy atom. The average molecular weight is 229 g/mol. The second-order valence-electron chi connectivity index (χ2n) is 3.37. The summed E-state index contributed by atoms with van der Waals surface area (Å²) in [4.78, 5) is 12.1. The van der Waals surface area contributed by atoms with Crippen molar-refractivity contribution >= 4 is 23.3 Å². The third-order valence-electron chi connectivity index (χ3n) is 1.99. The van der Waals surface area contributed by atoms with Gasteiger partial charge in [-0.15, -0.1) is 0 Å². The molecule has 1 rings (SSSR count). The number of halogens is 1. The minimum Gasteiger partial charge on any atom is -0.480 e. The van der Waals surface area contributed by atoms with Gasteiger partial charge in [0.2, 0.25) is 0 Å². The van der Waals surface area contributed by atoms with Gasteiger partial charge in [-0.3, -0.25) is 9.69 Å². The lowest BCUT2D eigenvalue weighted by atomic mass is 10.1. The summed E-state index contributed by atoms with van der Waals surface area (Å²) in [7, 11) is 1.71. The quantitative estimate of drug-likeness (QED) is 0.766. The largest absolute Gasteiger partial charge is 0.480 e. The fourth-order valence-electron chi connectivity index (χ4n) is 1.30. The molecule has 0 spiro atoms. The molecule has 3 N–H and O–H groups in total. The SMILES string of the molecule is CN(CC(=O)O)Cc1c(N)cccc1Cl. The number of carboxylic acids is 1. The Labute approximate surface area is 93.2 Å². The molecule has 0 amide bonds. The maximum atomic E-state index is 10.5. The molecule has 0 saturated carbocycles. The number of anilines is 1. The van der Waals surface area contributed by atoms with E-state index in [0.717, 1.165) is 5.56 Å². The molecule has 82 valence electrons. The van der Waals surface area contributed by atoms with Crippen molar-refractivity contribution in [2.24, 2.45) is 0 Å². The Hall–Kier alpha value is -1.26. The molecular weight excluding hydrogens is 216 g/mol. The molecule has 4 nitrogen and oxygen atoms in total. The van der Waals surface area contributed by atoms with Crippen molar-refractivity contribution in [1.29, 1.82) is 0 Å². The normalized spacial score (nSPS) is 10.6. The van der Waals surface area contributed by atoms with Gasteiger partial charge in [-0.05, 0) is 19.2 Å². The summed E-state index contributed by atoms with van der Waals surface area (Å²) in [5.41, 5.74) is 7.09. The van der Waals surface area contributed by atoms with E-state index in [2.05, 4.69) is 0 Å². The van der Waals surface area contributed by atoms with Crippen molar-refractivity contribution in [3.63, 3.8) is 0 Å². The molecule has 5 heteroatoms. The Bertz CT molecular complexity index is 348. The number of nitrogens with zero attached hydrogens (tertiary/aromatic N) is 1. The van der Waals surface area contributed by atoms with E-state index in [4.69, 9.17) is 22.4 Å². The van der Waals surface area contributed by atoms with Gasteiger partial charge in [0, 0.05) is 22.8 Å². The second-order valence-corrected chi connectivity index (χ2v) is 3.78. The number of hydrogen-bond donors (Lipinski definition) is 2. The van der Waals surface area contributed by atoms with Crippen LogP contribution in [0.25, 0.3) is 0 Å². The number of nitrogen functional groups attached to an aromatic ring is 1. The summed E-state index contributed by atoms with van der Waals surface area (Å²) in [6.45, 7) is 0.391. The van der Waals surface area contributed by atoms with E-state index in [1.165, 1.54) is 0 Å². The lowest BCUT2D eigenvalue weighted by Gasteiger charge is -2.16. The van der Waals surface area contributed by atoms with Crippen LogP contribution in [0.4, 0.5) is 5.69 Å². The van der Waals surface area contributed by atoms with Crippen molar-refractivity contribution in [2.45, 2.75) is 6.54 Å². The first-order chi connectivity index (χ1) is 7.00. The maximum absolute atomic E-state index is 10.5. The molecule has 0 aliphatic rings. The Balaban J connectivity index is 2.76. The number of carbonyl (C=O) groups is 1. The van der Waals surface area contributed by atoms with Crippen molar-refractivity contribution < 1.29 is 9.90 Å². The lowest BCUT2D eigenvalue weighted by Crippen LogP contribution is -2.25. The van der Waals surface area contributed by atoms with Crippen LogP contribution in [0, 0.1) is 0 Å². The molecule has 0 unspecified atom stereocenters. The van der Waals surface area contributed by atoms with Crippen LogP contribution in [0.2, 0.25) is 5.02 Å². The number of hydrogen-bond acceptors (Lipinski definition) is 3. The summed E-state index contributed by atoms with van der Waals surface area (Å²) in [6, 6.07) is 5.25. The van der Waals surface area contributed by atoms with E-state index < -0.39 is 5.97 Å². The summed E-state index contributed by atoms with van der Waals surface area (Å²) < 4.78 is 0. The highest BCUT2D eigenvalue weighted by Crippen LogP contribution is 2.22. The Kier molecular flexibility index (Phi) is 3.94. The van der Waals surface area contributed by atoms with Gasteiger partial charge in [0.1, 0.15) is 0 Å². The molecule has 0 heterocycles. The van der Waals surface area contributed by atoms with E-state index in [9.17, 15) is 4.79 Å². The van der Waals surface area contributed by atoms with E-state index in [0.29, 0.717) is 17.3 Å². The first-order valence-corrected chi connectivity index (χ1v) is 4.81. The zero-order valence-corrected chi connectivity index (χ0v) is 9.16. The van der Waals surface area contributed by atoms with Crippen LogP contribution >= 0.6 is 11.6 Å². The fourth-order valence-corrected chi connectivity index (χ4v) is 1.54. The molecule has 0 radical (unpaired) electrons. The van der Waals surface area contributed by atoms with Crippen molar-refractivity contribution in [2.75, 3.05) is 19.3 Å². The number of nitrogens with two attached hydrogens (primary N) is 1. The molecule has 0 atom stereocenters. The fraction of sp³-hybridized carbons (Fsp3) is 0.300. The Morgan fingerprint density at radius 2 is 2.27 bits per heavy atom. The van der Waals surface area contributed by atoms with Gasteiger partial charge in [-0.2, -0.15) is 0 Å². The minimum absolute atomic E-state index is 0.0370. The molecule has 0 bridgehead atoms. The van der Waals surface area contributed by atoms with Crippen LogP contribution in [0.3, 0.4) is 0 Å². The predicted octanol–water partition coefficient (Wildman–Crippen LogP) is 1.44. The second kappa shape index (κ2) is 5.00. The minimum atomic E-state index is -0.872. The third kappa shape index (κ3) is 3.42. The number of rotatable bonds is 4. The van der Waals surface area contributed by atoms with Crippen LogP contribution in [0.5, 0.6) is 0 Å². The van der Waals surface area contributed by atoms with Crippen LogP contribution in [0.1, 0.15) is 5.56 Å². The Morgan fingerprint density at radius 1 is 1.60 bits per heavy atom. The van der Waals surface area contributed by atoms with Crippen molar-refractivity contribution in [1.82, 2.24) is 4.90 Å². The zero-order valence-electron chi connectivity index (χ0n) is 8.40. The maximum Gasteiger partial charge on any atom is 0.317 e. The highest BCUT2D eigenvalue weighted by Gasteiger charge is 2.09. The lowest BCUT2D eigenvalue weighted by molar-refractivity contribution is -0.138. The monoisotopic (exact) mass is 228 g/mol. The number of aliphatic carboxylic acids is 1. The number of benzene rings is 1. The molecule has 0 saturated heterocycles. The summed E-state index contributed by atoms with van der Waals surface area (Å²) >= 11 is 5.96. The van der Waals surface area contributed by atoms with Gasteiger partial charge in [0.15, 0.2) is 0 Å². The van der Waals surface area contributed by atoms with Gasteiger partial charge in [-0.1, -0.05) is 17.7 Å². The van der Waals surface area contributed by atoms with E-state index >= 15 is 0 Å². The van der Waals surface area contributed by atoms with Crippen molar-refractivity contribution in [3.05, 3.63) is 28.8 Å². The number of likely N-dealkylation sites (N-methyl/N-ethyl adjacent to an activating group) is 1. The van der Waals surface area contributed by atoms with Gasteiger partial charge >= 0.3 is 5.97 Å². The highest BCUT2D eigenvalue weighted by atomic mass is 35.5. The topological polar surface area (TPSA) is 66.6 Å². The van der Waals surface area contributed by atoms with Gasteiger partial charge in [-0.25, -0.2) is 0 Å². The molecule has 0 aliphatic heterocycles. The predicted molar refractivity (Wildman–Crippen MR) is 59.8 cm³/mol. The molecule has 1 aromatic carbocycles. The third-order valence-corrected chi connectivity index (χ3v) is 2.34. The van der Waals surface area contributed by atoms with Crippen LogP contribution in [0.15, 0.2) is 18.2 Å². The van der Waals surface area contributed by atoms with Crippen molar-refractivity contribution in [3.8, 4) is 0 Å². The summed E-state index contributed by atoms with van der Waals surface area (Å²) in [6.07, 6.45) is 0. The summed E-state index contributed by atoms with van der Waals surface area (Å²) in [5.74, 6) is -0.872. The molecule has 0 aromatic heterocycles. The highest BCUT2D eigenvalue weighted by molar-refractivity contribution is 6.31. The van der Waals surface area contributed by atoms with E-state index in [1.807, 2.05) is 0 Å². The van der Waals surface area contributed by atoms with Crippen LogP contribution in [-0.4, -0.2) is 29.6 Å². The van der Waals surface area contributed by atoms with Crippen LogP contribution < -0.4 is 5.73 Å². The standard InChI is InChI=1S/C10H13ClN2O2/c1-13(6-10(14)15)5-7-8(11)3-2-4-9(7)12/h2-4H,5-6,12H2,1H3,(H,14,15). The molecular formula is C10H13ClN2O2. The van der Waals surface area contributed by atoms with Gasteiger partial charge in [0.25, 0.3) is 0 Å². The smallest absolute Gasteiger partial charge is 0.317 e. The van der Waals surface area contributed by atoms with Gasteiger partial charge in [0.05, 0.1) is 6.54 Å². The average Bonchev–Trinajstić information content (AvgIpc) is 2.10. The number of carboxylic acid groups (broad SMARTS) is 1. The first-order valence-electron chi connectivity index (χ1n) is 4.44. The molecule has 15 heavy (non-hydrogen) atoms. The van der Waals surface area contributed by atoms with Gasteiger partial charge < -0.3 is 10.8 Å². The van der Waals surface area contributed by atoms with E-state index in [1.54, 1.807) is 30.1 Å². The van der Waals surface area contributed by atoms with Crippen LogP contribution in [-0.2, 0) is 11.3 Å². The molecule has 0 fully saturated rings. The van der Waals surface area contributed by atoms with E-state index in [-0.39, 0.29) is 6.54 Å². The molecule has 1 aromatic rings. The molecule has 0 aliphatic carbocycles. The first kappa shape index (κ1) is 11.8.